The van der Waals surface area contributed by atoms with Crippen LogP contribution >= 0.6 is 0 Å². The summed E-state index contributed by atoms with van der Waals surface area (Å²) in [5.74, 6) is 0.120. The lowest BCUT2D eigenvalue weighted by molar-refractivity contribution is -0.139. The summed E-state index contributed by atoms with van der Waals surface area (Å²) in [6.07, 6.45) is 9.31. The maximum absolute atomic E-state index is 11.1. The van der Waals surface area contributed by atoms with E-state index in [-0.39, 0.29) is 6.04 Å². The lowest BCUT2D eigenvalue weighted by Crippen LogP contribution is -2.42. The van der Waals surface area contributed by atoms with Crippen LogP contribution in [0, 0.1) is 5.92 Å². The maximum Gasteiger partial charge on any atom is 0.320 e. The van der Waals surface area contributed by atoms with Gasteiger partial charge in [0.2, 0.25) is 0 Å². The van der Waals surface area contributed by atoms with Gasteiger partial charge in [0.25, 0.3) is 0 Å². The predicted octanol–water partition coefficient (Wildman–Crippen LogP) is 3.19. The van der Waals surface area contributed by atoms with Gasteiger partial charge in [0.15, 0.2) is 0 Å². The summed E-state index contributed by atoms with van der Waals surface area (Å²) in [5.41, 5.74) is 0. The first-order valence-corrected chi connectivity index (χ1v) is 7.12. The zero-order valence-corrected chi connectivity index (χ0v) is 11.2. The lowest BCUT2D eigenvalue weighted by Gasteiger charge is -2.22. The van der Waals surface area contributed by atoms with Crippen LogP contribution in [0.15, 0.2) is 0 Å². The zero-order valence-electron chi connectivity index (χ0n) is 11.2. The highest BCUT2D eigenvalue weighted by molar-refractivity contribution is 5.73. The van der Waals surface area contributed by atoms with Crippen molar-refractivity contribution in [3.63, 3.8) is 0 Å². The van der Waals surface area contributed by atoms with Gasteiger partial charge in [-0.05, 0) is 25.7 Å². The van der Waals surface area contributed by atoms with Crippen LogP contribution in [0.5, 0.6) is 0 Å². The van der Waals surface area contributed by atoms with Crippen LogP contribution in [0.2, 0.25) is 0 Å². The van der Waals surface area contributed by atoms with Crippen LogP contribution in [0.1, 0.15) is 65.2 Å². The molecule has 1 rings (SSSR count). The smallest absolute Gasteiger partial charge is 0.320 e. The summed E-state index contributed by atoms with van der Waals surface area (Å²) in [4.78, 5) is 11.1. The highest BCUT2D eigenvalue weighted by Crippen LogP contribution is 2.28. The molecule has 0 spiro atoms. The van der Waals surface area contributed by atoms with E-state index in [1.807, 2.05) is 0 Å². The van der Waals surface area contributed by atoms with Crippen LogP contribution in [0.3, 0.4) is 0 Å². The van der Waals surface area contributed by atoms with Crippen LogP contribution in [-0.2, 0) is 4.79 Å². The van der Waals surface area contributed by atoms with Crippen molar-refractivity contribution in [1.82, 2.24) is 5.32 Å². The average molecular weight is 241 g/mol. The van der Waals surface area contributed by atoms with Gasteiger partial charge in [0, 0.05) is 6.04 Å². The Balaban J connectivity index is 2.29. The zero-order chi connectivity index (χ0) is 12.7. The van der Waals surface area contributed by atoms with E-state index in [1.54, 1.807) is 0 Å². The standard InChI is InChI=1S/C14H27NO2/c1-3-4-9-13(14(16)17)15-11(2)10-12-7-5-6-8-12/h11-13,15H,3-10H2,1-2H3,(H,16,17). The molecule has 0 aromatic carbocycles. The van der Waals surface area contributed by atoms with Gasteiger partial charge in [-0.15, -0.1) is 0 Å². The number of aliphatic carboxylic acids is 1. The molecular formula is C14H27NO2. The van der Waals surface area contributed by atoms with Gasteiger partial charge in [-0.25, -0.2) is 0 Å². The van der Waals surface area contributed by atoms with Crippen molar-refractivity contribution in [2.75, 3.05) is 0 Å². The second kappa shape index (κ2) is 7.70. The van der Waals surface area contributed by atoms with E-state index >= 15 is 0 Å². The molecule has 0 aromatic heterocycles. The van der Waals surface area contributed by atoms with E-state index in [9.17, 15) is 4.79 Å². The molecule has 0 bridgehead atoms. The molecule has 0 aromatic rings. The Morgan fingerprint density at radius 1 is 1.41 bits per heavy atom. The Bertz CT molecular complexity index is 224. The topological polar surface area (TPSA) is 49.3 Å². The van der Waals surface area contributed by atoms with Gasteiger partial charge in [0.05, 0.1) is 0 Å². The Morgan fingerprint density at radius 2 is 2.06 bits per heavy atom. The Morgan fingerprint density at radius 3 is 2.59 bits per heavy atom. The third kappa shape index (κ3) is 5.53. The van der Waals surface area contributed by atoms with Crippen molar-refractivity contribution in [2.24, 2.45) is 5.92 Å². The Labute approximate surface area is 105 Å². The minimum absolute atomic E-state index is 0.330. The Hall–Kier alpha value is -0.570. The first kappa shape index (κ1) is 14.5. The van der Waals surface area contributed by atoms with E-state index in [1.165, 1.54) is 25.7 Å². The van der Waals surface area contributed by atoms with Gasteiger partial charge in [-0.3, -0.25) is 4.79 Å². The van der Waals surface area contributed by atoms with Crippen molar-refractivity contribution in [2.45, 2.75) is 77.3 Å². The largest absolute Gasteiger partial charge is 0.480 e. The van der Waals surface area contributed by atoms with Gasteiger partial charge in [0.1, 0.15) is 6.04 Å². The van der Waals surface area contributed by atoms with Gasteiger partial charge in [-0.2, -0.15) is 0 Å². The van der Waals surface area contributed by atoms with E-state index in [4.69, 9.17) is 5.11 Å². The number of hydrogen-bond acceptors (Lipinski definition) is 2. The van der Waals surface area contributed by atoms with E-state index in [2.05, 4.69) is 19.2 Å². The molecule has 2 atom stereocenters. The number of rotatable bonds is 8. The second-order valence-electron chi connectivity index (χ2n) is 5.49. The lowest BCUT2D eigenvalue weighted by atomic mass is 9.98. The fraction of sp³-hybridized carbons (Fsp3) is 0.929. The molecule has 1 aliphatic rings. The molecule has 2 N–H and O–H groups in total. The normalized spacial score (nSPS) is 20.4. The minimum Gasteiger partial charge on any atom is -0.480 e. The molecular weight excluding hydrogens is 214 g/mol. The third-order valence-electron chi connectivity index (χ3n) is 3.79. The number of carboxylic acid groups (broad SMARTS) is 1. The average Bonchev–Trinajstić information content (AvgIpc) is 2.76. The highest BCUT2D eigenvalue weighted by atomic mass is 16.4. The molecule has 0 amide bonds. The summed E-state index contributed by atoms with van der Waals surface area (Å²) in [6.45, 7) is 4.22. The molecule has 2 unspecified atom stereocenters. The van der Waals surface area contributed by atoms with E-state index in [0.717, 1.165) is 31.6 Å². The number of unbranched alkanes of at least 4 members (excludes halogenated alkanes) is 1. The van der Waals surface area contributed by atoms with Crippen LogP contribution in [-0.4, -0.2) is 23.2 Å². The Kier molecular flexibility index (Phi) is 6.56. The summed E-state index contributed by atoms with van der Waals surface area (Å²) < 4.78 is 0. The van der Waals surface area contributed by atoms with Crippen LogP contribution in [0.25, 0.3) is 0 Å². The first-order chi connectivity index (χ1) is 8.13. The predicted molar refractivity (Wildman–Crippen MR) is 70.1 cm³/mol. The quantitative estimate of drug-likeness (QED) is 0.686. The molecule has 0 radical (unpaired) electrons. The number of carboxylic acids is 1. The van der Waals surface area contributed by atoms with Gasteiger partial charge >= 0.3 is 5.97 Å². The van der Waals surface area contributed by atoms with E-state index < -0.39 is 5.97 Å². The van der Waals surface area contributed by atoms with Gasteiger partial charge < -0.3 is 10.4 Å². The molecule has 0 heterocycles. The maximum atomic E-state index is 11.1. The summed E-state index contributed by atoms with van der Waals surface area (Å²) >= 11 is 0. The molecule has 0 saturated heterocycles. The van der Waals surface area contributed by atoms with Crippen molar-refractivity contribution in [3.8, 4) is 0 Å². The molecule has 1 saturated carbocycles. The number of nitrogens with one attached hydrogen (secondary N) is 1. The monoisotopic (exact) mass is 241 g/mol. The molecule has 100 valence electrons. The van der Waals surface area contributed by atoms with E-state index in [0.29, 0.717) is 6.04 Å². The fourth-order valence-corrected chi connectivity index (χ4v) is 2.84. The molecule has 3 heteroatoms. The number of carbonyl (C=O) groups is 1. The van der Waals surface area contributed by atoms with Crippen molar-refractivity contribution < 1.29 is 9.90 Å². The number of hydrogen-bond donors (Lipinski definition) is 2. The summed E-state index contributed by atoms with van der Waals surface area (Å²) in [7, 11) is 0. The first-order valence-electron chi connectivity index (χ1n) is 7.12. The van der Waals surface area contributed by atoms with Crippen molar-refractivity contribution >= 4 is 5.97 Å². The molecule has 0 aliphatic heterocycles. The molecule has 3 nitrogen and oxygen atoms in total. The molecule has 1 fully saturated rings. The van der Waals surface area contributed by atoms with Crippen molar-refractivity contribution in [1.29, 1.82) is 0 Å². The third-order valence-corrected chi connectivity index (χ3v) is 3.79. The van der Waals surface area contributed by atoms with Crippen molar-refractivity contribution in [3.05, 3.63) is 0 Å². The fourth-order valence-electron chi connectivity index (χ4n) is 2.84. The SMILES string of the molecule is CCCCC(NC(C)CC1CCCC1)C(=O)O. The summed E-state index contributed by atoms with van der Waals surface area (Å²) in [6, 6.07) is -0.0255. The van der Waals surface area contributed by atoms with Crippen LogP contribution in [0.4, 0.5) is 0 Å². The van der Waals surface area contributed by atoms with Gasteiger partial charge in [-0.1, -0.05) is 45.4 Å². The second-order valence-corrected chi connectivity index (χ2v) is 5.49. The molecule has 1 aliphatic carbocycles. The summed E-state index contributed by atoms with van der Waals surface area (Å²) in [5, 5.41) is 12.4. The van der Waals surface area contributed by atoms with Crippen LogP contribution < -0.4 is 5.32 Å². The minimum atomic E-state index is -0.697. The molecule has 17 heavy (non-hydrogen) atoms. The highest BCUT2D eigenvalue weighted by Gasteiger charge is 2.22.